The first-order valence-corrected chi connectivity index (χ1v) is 5.04. The van der Waals surface area contributed by atoms with Gasteiger partial charge in [0.15, 0.2) is 0 Å². The number of rotatable bonds is 3. The van der Waals surface area contributed by atoms with Crippen LogP contribution in [0.3, 0.4) is 0 Å². The van der Waals surface area contributed by atoms with Gasteiger partial charge in [0.25, 0.3) is 0 Å². The third-order valence-corrected chi connectivity index (χ3v) is 2.58. The van der Waals surface area contributed by atoms with Crippen molar-refractivity contribution in [3.63, 3.8) is 0 Å². The van der Waals surface area contributed by atoms with E-state index in [4.69, 9.17) is 9.52 Å². The molecule has 0 aliphatic heterocycles. The molecule has 2 heteroatoms. The standard InChI is InChI=1S/C13H14O2/c1-10(12-5-3-2-4-6-12)13-7-11(8-14)9-15-13/h2-7,9-10,14H,8H2,1H3. The van der Waals surface area contributed by atoms with Crippen molar-refractivity contribution >= 4 is 0 Å². The molecule has 0 fully saturated rings. The molecule has 0 radical (unpaired) electrons. The largest absolute Gasteiger partial charge is 0.468 e. The van der Waals surface area contributed by atoms with Crippen molar-refractivity contribution in [2.45, 2.75) is 19.4 Å². The molecule has 1 N–H and O–H groups in total. The zero-order valence-electron chi connectivity index (χ0n) is 8.68. The summed E-state index contributed by atoms with van der Waals surface area (Å²) >= 11 is 0. The zero-order chi connectivity index (χ0) is 10.7. The van der Waals surface area contributed by atoms with Gasteiger partial charge in [-0.1, -0.05) is 37.3 Å². The number of benzene rings is 1. The number of hydrogen-bond acceptors (Lipinski definition) is 2. The smallest absolute Gasteiger partial charge is 0.111 e. The Morgan fingerprint density at radius 3 is 2.60 bits per heavy atom. The van der Waals surface area contributed by atoms with Gasteiger partial charge in [0.1, 0.15) is 5.76 Å². The summed E-state index contributed by atoms with van der Waals surface area (Å²) < 4.78 is 5.41. The van der Waals surface area contributed by atoms with Gasteiger partial charge in [-0.05, 0) is 11.6 Å². The Morgan fingerprint density at radius 2 is 2.00 bits per heavy atom. The zero-order valence-corrected chi connectivity index (χ0v) is 8.68. The molecule has 0 bridgehead atoms. The first-order chi connectivity index (χ1) is 7.31. The quantitative estimate of drug-likeness (QED) is 0.830. The molecule has 1 unspecified atom stereocenters. The van der Waals surface area contributed by atoms with Crippen LogP contribution in [0.1, 0.15) is 29.7 Å². The predicted molar refractivity (Wildman–Crippen MR) is 58.6 cm³/mol. The van der Waals surface area contributed by atoms with Crippen molar-refractivity contribution in [3.8, 4) is 0 Å². The van der Waals surface area contributed by atoms with Gasteiger partial charge >= 0.3 is 0 Å². The lowest BCUT2D eigenvalue weighted by molar-refractivity contribution is 0.280. The molecule has 0 aliphatic rings. The summed E-state index contributed by atoms with van der Waals surface area (Å²) in [4.78, 5) is 0. The fourth-order valence-corrected chi connectivity index (χ4v) is 1.61. The molecule has 1 atom stereocenters. The van der Waals surface area contributed by atoms with Crippen LogP contribution in [0, 0.1) is 0 Å². The summed E-state index contributed by atoms with van der Waals surface area (Å²) in [6.45, 7) is 2.13. The summed E-state index contributed by atoms with van der Waals surface area (Å²) in [5.74, 6) is 1.12. The Labute approximate surface area is 89.2 Å². The van der Waals surface area contributed by atoms with Gasteiger partial charge in [0.2, 0.25) is 0 Å². The minimum atomic E-state index is 0.0327. The van der Waals surface area contributed by atoms with Gasteiger partial charge < -0.3 is 9.52 Å². The molecule has 78 valence electrons. The summed E-state index contributed by atoms with van der Waals surface area (Å²) in [7, 11) is 0. The average molecular weight is 202 g/mol. The van der Waals surface area contributed by atoms with E-state index in [1.54, 1.807) is 6.26 Å². The molecule has 1 aromatic carbocycles. The highest BCUT2D eigenvalue weighted by Gasteiger charge is 2.11. The van der Waals surface area contributed by atoms with Gasteiger partial charge in [-0.15, -0.1) is 0 Å². The lowest BCUT2D eigenvalue weighted by atomic mass is 9.98. The van der Waals surface area contributed by atoms with Crippen LogP contribution in [0.5, 0.6) is 0 Å². The van der Waals surface area contributed by atoms with Gasteiger partial charge in [0, 0.05) is 11.5 Å². The number of furan rings is 1. The topological polar surface area (TPSA) is 33.4 Å². The third kappa shape index (κ3) is 2.10. The fraction of sp³-hybridized carbons (Fsp3) is 0.231. The molecule has 1 aromatic heterocycles. The average Bonchev–Trinajstić information content (AvgIpc) is 2.78. The second-order valence-electron chi connectivity index (χ2n) is 3.65. The van der Waals surface area contributed by atoms with E-state index < -0.39 is 0 Å². The molecule has 0 saturated carbocycles. The van der Waals surface area contributed by atoms with Gasteiger partial charge in [-0.2, -0.15) is 0 Å². The van der Waals surface area contributed by atoms with Crippen molar-refractivity contribution in [1.82, 2.24) is 0 Å². The van der Waals surface area contributed by atoms with Crippen molar-refractivity contribution < 1.29 is 9.52 Å². The van der Waals surface area contributed by atoms with Crippen molar-refractivity contribution in [1.29, 1.82) is 0 Å². The molecule has 0 amide bonds. The lowest BCUT2D eigenvalue weighted by Gasteiger charge is -2.07. The highest BCUT2D eigenvalue weighted by atomic mass is 16.3. The molecule has 2 nitrogen and oxygen atoms in total. The van der Waals surface area contributed by atoms with E-state index in [1.165, 1.54) is 5.56 Å². The molecule has 0 saturated heterocycles. The molecule has 0 aliphatic carbocycles. The van der Waals surface area contributed by atoms with Crippen LogP contribution in [0.4, 0.5) is 0 Å². The Kier molecular flexibility index (Phi) is 2.88. The third-order valence-electron chi connectivity index (χ3n) is 2.58. The fourth-order valence-electron chi connectivity index (χ4n) is 1.61. The van der Waals surface area contributed by atoms with Crippen LogP contribution >= 0.6 is 0 Å². The Morgan fingerprint density at radius 1 is 1.27 bits per heavy atom. The van der Waals surface area contributed by atoms with Gasteiger partial charge in [0.05, 0.1) is 12.9 Å². The highest BCUT2D eigenvalue weighted by molar-refractivity contribution is 5.27. The Balaban J connectivity index is 2.24. The number of aliphatic hydroxyl groups is 1. The highest BCUT2D eigenvalue weighted by Crippen LogP contribution is 2.25. The SMILES string of the molecule is CC(c1ccccc1)c1cc(CO)co1. The molecular weight excluding hydrogens is 188 g/mol. The minimum absolute atomic E-state index is 0.0327. The molecule has 0 spiro atoms. The number of aliphatic hydroxyl groups excluding tert-OH is 1. The Hall–Kier alpha value is -1.54. The van der Waals surface area contributed by atoms with Crippen LogP contribution in [0.2, 0.25) is 0 Å². The van der Waals surface area contributed by atoms with Crippen LogP contribution in [0.15, 0.2) is 47.1 Å². The summed E-state index contributed by atoms with van der Waals surface area (Å²) in [5, 5.41) is 8.94. The second-order valence-corrected chi connectivity index (χ2v) is 3.65. The van der Waals surface area contributed by atoms with E-state index in [1.807, 2.05) is 24.3 Å². The lowest BCUT2D eigenvalue weighted by Crippen LogP contribution is -1.93. The maximum absolute atomic E-state index is 8.94. The van der Waals surface area contributed by atoms with Gasteiger partial charge in [-0.3, -0.25) is 0 Å². The van der Waals surface area contributed by atoms with E-state index >= 15 is 0 Å². The van der Waals surface area contributed by atoms with E-state index in [-0.39, 0.29) is 12.5 Å². The van der Waals surface area contributed by atoms with Crippen LogP contribution in [0.25, 0.3) is 0 Å². The maximum Gasteiger partial charge on any atom is 0.111 e. The molecule has 2 aromatic rings. The van der Waals surface area contributed by atoms with Crippen molar-refractivity contribution in [3.05, 3.63) is 59.5 Å². The van der Waals surface area contributed by atoms with Crippen LogP contribution in [-0.4, -0.2) is 5.11 Å². The first kappa shape index (κ1) is 9.99. The van der Waals surface area contributed by atoms with Crippen LogP contribution < -0.4 is 0 Å². The summed E-state index contributed by atoms with van der Waals surface area (Å²) in [5.41, 5.74) is 2.05. The van der Waals surface area contributed by atoms with E-state index in [9.17, 15) is 0 Å². The van der Waals surface area contributed by atoms with Crippen molar-refractivity contribution in [2.75, 3.05) is 0 Å². The second kappa shape index (κ2) is 4.32. The van der Waals surface area contributed by atoms with E-state index in [2.05, 4.69) is 19.1 Å². The van der Waals surface area contributed by atoms with Crippen molar-refractivity contribution in [2.24, 2.45) is 0 Å². The Bertz CT molecular complexity index is 417. The van der Waals surface area contributed by atoms with E-state index in [0.29, 0.717) is 0 Å². The maximum atomic E-state index is 8.94. The molecule has 2 rings (SSSR count). The minimum Gasteiger partial charge on any atom is -0.468 e. The number of hydrogen-bond donors (Lipinski definition) is 1. The van der Waals surface area contributed by atoms with Crippen LogP contribution in [-0.2, 0) is 6.61 Å². The molecule has 15 heavy (non-hydrogen) atoms. The monoisotopic (exact) mass is 202 g/mol. The normalized spacial score (nSPS) is 12.7. The molecule has 1 heterocycles. The molecular formula is C13H14O2. The van der Waals surface area contributed by atoms with Gasteiger partial charge in [-0.25, -0.2) is 0 Å². The summed E-state index contributed by atoms with van der Waals surface area (Å²) in [6, 6.07) is 12.1. The predicted octanol–water partition coefficient (Wildman–Crippen LogP) is 2.92. The van der Waals surface area contributed by atoms with E-state index in [0.717, 1.165) is 11.3 Å². The first-order valence-electron chi connectivity index (χ1n) is 5.04. The summed E-state index contributed by atoms with van der Waals surface area (Å²) in [6.07, 6.45) is 1.61.